The number of nitrogens with zero attached hydrogens (tertiary/aromatic N) is 2. The number of ether oxygens (including phenoxy) is 1. The zero-order valence-electron chi connectivity index (χ0n) is 12.1. The standard InChI is InChI=1S/C17H22N2O/c1-20-17-7-6-13(10-15(17)11-18)12-19-9-8-14-4-2-3-5-16(14)19/h6-7,10,14,16H,2-5,8-9,12H2,1H3. The molecule has 2 atom stereocenters. The molecule has 0 aromatic heterocycles. The second kappa shape index (κ2) is 5.85. The SMILES string of the molecule is COc1ccc(CN2CCC3CCCCC32)cc1C#N. The van der Waals surface area contributed by atoms with Crippen molar-refractivity contribution < 1.29 is 4.74 Å². The number of benzene rings is 1. The fourth-order valence-corrected chi connectivity index (χ4v) is 3.87. The molecule has 1 aromatic rings. The van der Waals surface area contributed by atoms with Crippen LogP contribution < -0.4 is 4.74 Å². The van der Waals surface area contributed by atoms with Crippen molar-refractivity contribution in [2.45, 2.75) is 44.7 Å². The lowest BCUT2D eigenvalue weighted by Gasteiger charge is -2.31. The van der Waals surface area contributed by atoms with E-state index in [0.29, 0.717) is 11.3 Å². The Morgan fingerprint density at radius 3 is 2.95 bits per heavy atom. The highest BCUT2D eigenvalue weighted by atomic mass is 16.5. The lowest BCUT2D eigenvalue weighted by molar-refractivity contribution is 0.176. The molecule has 1 saturated heterocycles. The molecular weight excluding hydrogens is 248 g/mol. The summed E-state index contributed by atoms with van der Waals surface area (Å²) in [4.78, 5) is 2.62. The number of nitriles is 1. The van der Waals surface area contributed by atoms with Crippen LogP contribution in [0.4, 0.5) is 0 Å². The average Bonchev–Trinajstić information content (AvgIpc) is 2.90. The summed E-state index contributed by atoms with van der Waals surface area (Å²) >= 11 is 0. The molecule has 3 rings (SSSR count). The monoisotopic (exact) mass is 270 g/mol. The maximum atomic E-state index is 9.18. The highest BCUT2D eigenvalue weighted by Crippen LogP contribution is 2.37. The van der Waals surface area contributed by atoms with Gasteiger partial charge in [0.1, 0.15) is 11.8 Å². The molecule has 1 aromatic carbocycles. The van der Waals surface area contributed by atoms with Gasteiger partial charge in [-0.3, -0.25) is 4.90 Å². The lowest BCUT2D eigenvalue weighted by atomic mass is 9.85. The largest absolute Gasteiger partial charge is 0.495 e. The number of fused-ring (bicyclic) bond motifs is 1. The van der Waals surface area contributed by atoms with Gasteiger partial charge in [-0.2, -0.15) is 5.26 Å². The summed E-state index contributed by atoms with van der Waals surface area (Å²) in [6.45, 7) is 2.18. The highest BCUT2D eigenvalue weighted by Gasteiger charge is 2.35. The molecule has 2 aliphatic rings. The molecule has 0 N–H and O–H groups in total. The van der Waals surface area contributed by atoms with E-state index >= 15 is 0 Å². The molecule has 106 valence electrons. The van der Waals surface area contributed by atoms with Crippen LogP contribution in [0.15, 0.2) is 18.2 Å². The molecule has 20 heavy (non-hydrogen) atoms. The van der Waals surface area contributed by atoms with E-state index in [1.807, 2.05) is 12.1 Å². The predicted octanol–water partition coefficient (Wildman–Crippen LogP) is 3.33. The van der Waals surface area contributed by atoms with Crippen molar-refractivity contribution in [3.05, 3.63) is 29.3 Å². The fourth-order valence-electron chi connectivity index (χ4n) is 3.87. The number of hydrogen-bond acceptors (Lipinski definition) is 3. The Morgan fingerprint density at radius 2 is 2.15 bits per heavy atom. The third kappa shape index (κ3) is 2.53. The number of likely N-dealkylation sites (tertiary alicyclic amines) is 1. The van der Waals surface area contributed by atoms with Crippen molar-refractivity contribution in [1.82, 2.24) is 4.90 Å². The molecule has 0 amide bonds. The second-order valence-electron chi connectivity index (χ2n) is 6.02. The molecule has 2 fully saturated rings. The Kier molecular flexibility index (Phi) is 3.93. The zero-order valence-corrected chi connectivity index (χ0v) is 12.1. The molecule has 2 unspecified atom stereocenters. The van der Waals surface area contributed by atoms with Crippen molar-refractivity contribution in [2.75, 3.05) is 13.7 Å². The van der Waals surface area contributed by atoms with Crippen molar-refractivity contribution in [1.29, 1.82) is 5.26 Å². The van der Waals surface area contributed by atoms with E-state index in [1.165, 1.54) is 44.2 Å². The topological polar surface area (TPSA) is 36.3 Å². The molecule has 1 heterocycles. The third-order valence-corrected chi connectivity index (χ3v) is 4.90. The highest BCUT2D eigenvalue weighted by molar-refractivity contribution is 5.45. The van der Waals surface area contributed by atoms with Crippen molar-refractivity contribution in [2.24, 2.45) is 5.92 Å². The first-order valence-electron chi connectivity index (χ1n) is 7.63. The van der Waals surface area contributed by atoms with Gasteiger partial charge in [0.15, 0.2) is 0 Å². The lowest BCUT2D eigenvalue weighted by Crippen LogP contribution is -2.34. The predicted molar refractivity (Wildman–Crippen MR) is 78.5 cm³/mol. The number of rotatable bonds is 3. The molecule has 3 nitrogen and oxygen atoms in total. The molecule has 0 spiro atoms. The Hall–Kier alpha value is -1.53. The van der Waals surface area contributed by atoms with E-state index in [2.05, 4.69) is 17.0 Å². The zero-order chi connectivity index (χ0) is 13.9. The Bertz CT molecular complexity index is 520. The third-order valence-electron chi connectivity index (χ3n) is 4.90. The van der Waals surface area contributed by atoms with Crippen LogP contribution in [-0.2, 0) is 6.54 Å². The van der Waals surface area contributed by atoms with Gasteiger partial charge >= 0.3 is 0 Å². The van der Waals surface area contributed by atoms with Crippen LogP contribution in [0, 0.1) is 17.2 Å². The summed E-state index contributed by atoms with van der Waals surface area (Å²) in [5.74, 6) is 1.59. The van der Waals surface area contributed by atoms with E-state index in [9.17, 15) is 5.26 Å². The van der Waals surface area contributed by atoms with Crippen LogP contribution in [-0.4, -0.2) is 24.6 Å². The minimum Gasteiger partial charge on any atom is -0.495 e. The summed E-state index contributed by atoms with van der Waals surface area (Å²) in [7, 11) is 1.61. The second-order valence-corrected chi connectivity index (χ2v) is 6.02. The summed E-state index contributed by atoms with van der Waals surface area (Å²) in [5.41, 5.74) is 1.87. The van der Waals surface area contributed by atoms with Gasteiger partial charge in [-0.15, -0.1) is 0 Å². The van der Waals surface area contributed by atoms with Crippen LogP contribution >= 0.6 is 0 Å². The minimum absolute atomic E-state index is 0.643. The number of hydrogen-bond donors (Lipinski definition) is 0. The van der Waals surface area contributed by atoms with E-state index in [0.717, 1.165) is 18.5 Å². The molecule has 3 heteroatoms. The Morgan fingerprint density at radius 1 is 1.30 bits per heavy atom. The van der Waals surface area contributed by atoms with Crippen molar-refractivity contribution in [3.8, 4) is 11.8 Å². The number of methoxy groups -OCH3 is 1. The van der Waals surface area contributed by atoms with Crippen molar-refractivity contribution in [3.63, 3.8) is 0 Å². The smallest absolute Gasteiger partial charge is 0.136 e. The maximum absolute atomic E-state index is 9.18. The summed E-state index contributed by atoms with van der Waals surface area (Å²) in [5, 5.41) is 9.18. The first-order chi connectivity index (χ1) is 9.81. The fraction of sp³-hybridized carbons (Fsp3) is 0.588. The minimum atomic E-state index is 0.643. The summed E-state index contributed by atoms with van der Waals surface area (Å²) in [6, 6.07) is 8.99. The van der Waals surface area contributed by atoms with Crippen LogP contribution in [0.3, 0.4) is 0 Å². The summed E-state index contributed by atoms with van der Waals surface area (Å²) < 4.78 is 5.21. The van der Waals surface area contributed by atoms with Gasteiger partial charge in [0.05, 0.1) is 12.7 Å². The Balaban J connectivity index is 1.73. The van der Waals surface area contributed by atoms with Crippen molar-refractivity contribution >= 4 is 0 Å². The molecule has 1 saturated carbocycles. The molecular formula is C17H22N2O. The quantitative estimate of drug-likeness (QED) is 0.845. The van der Waals surface area contributed by atoms with E-state index in [1.54, 1.807) is 7.11 Å². The summed E-state index contributed by atoms with van der Waals surface area (Å²) in [6.07, 6.45) is 6.91. The normalized spacial score (nSPS) is 26.0. The van der Waals surface area contributed by atoms with Crippen LogP contribution in [0.1, 0.15) is 43.2 Å². The maximum Gasteiger partial charge on any atom is 0.136 e. The Labute approximate surface area is 121 Å². The van der Waals surface area contributed by atoms with Gasteiger partial charge in [-0.25, -0.2) is 0 Å². The van der Waals surface area contributed by atoms with Gasteiger partial charge in [0.25, 0.3) is 0 Å². The average molecular weight is 270 g/mol. The van der Waals surface area contributed by atoms with E-state index in [4.69, 9.17) is 4.74 Å². The van der Waals surface area contributed by atoms with Crippen LogP contribution in [0.25, 0.3) is 0 Å². The van der Waals surface area contributed by atoms with Gasteiger partial charge < -0.3 is 4.74 Å². The first-order valence-corrected chi connectivity index (χ1v) is 7.63. The van der Waals surface area contributed by atoms with E-state index < -0.39 is 0 Å². The molecule has 1 aliphatic heterocycles. The van der Waals surface area contributed by atoms with Gasteiger partial charge in [0.2, 0.25) is 0 Å². The molecule has 1 aliphatic carbocycles. The van der Waals surface area contributed by atoms with Gasteiger partial charge in [0, 0.05) is 12.6 Å². The molecule has 0 radical (unpaired) electrons. The van der Waals surface area contributed by atoms with Gasteiger partial charge in [-0.1, -0.05) is 18.9 Å². The molecule has 0 bridgehead atoms. The van der Waals surface area contributed by atoms with Crippen LogP contribution in [0.2, 0.25) is 0 Å². The van der Waals surface area contributed by atoms with Crippen LogP contribution in [0.5, 0.6) is 5.75 Å². The van der Waals surface area contributed by atoms with Gasteiger partial charge in [-0.05, 0) is 49.4 Å². The first kappa shape index (κ1) is 13.5. The van der Waals surface area contributed by atoms with E-state index in [-0.39, 0.29) is 0 Å².